The van der Waals surface area contributed by atoms with Crippen molar-refractivity contribution in [2.45, 2.75) is 6.10 Å². The van der Waals surface area contributed by atoms with E-state index in [1.807, 2.05) is 0 Å². The Morgan fingerprint density at radius 3 is 3.00 bits per heavy atom. The van der Waals surface area contributed by atoms with E-state index < -0.39 is 6.10 Å². The number of hydrogen-bond donors (Lipinski definition) is 1. The minimum absolute atomic E-state index is 0.594. The third-order valence-electron chi connectivity index (χ3n) is 1.11. The van der Waals surface area contributed by atoms with Crippen molar-refractivity contribution in [3.63, 3.8) is 0 Å². The molecule has 0 radical (unpaired) electrons. The van der Waals surface area contributed by atoms with Gasteiger partial charge in [-0.05, 0) is 6.07 Å². The summed E-state index contributed by atoms with van der Waals surface area (Å²) in [5.74, 6) is 0. The fourth-order valence-corrected chi connectivity index (χ4v) is 0.579. The molecule has 0 aromatic carbocycles. The zero-order valence-corrected chi connectivity index (χ0v) is 4.95. The van der Waals surface area contributed by atoms with Gasteiger partial charge in [0.1, 0.15) is 0 Å². The molecule has 0 fully saturated rings. The molecule has 9 heavy (non-hydrogen) atoms. The van der Waals surface area contributed by atoms with Gasteiger partial charge in [-0.2, -0.15) is 0 Å². The predicted molar refractivity (Wildman–Crippen MR) is 33.9 cm³/mol. The Kier molecular flexibility index (Phi) is 1.70. The summed E-state index contributed by atoms with van der Waals surface area (Å²) in [4.78, 5) is 0. The van der Waals surface area contributed by atoms with E-state index in [0.29, 0.717) is 0 Å². The normalized spacial score (nSPS) is 13.0. The van der Waals surface area contributed by atoms with Crippen LogP contribution in [0.5, 0.6) is 0 Å². The molecular weight excluding hydrogens is 116 g/mol. The quantitative estimate of drug-likeness (QED) is 0.606. The summed E-state index contributed by atoms with van der Waals surface area (Å²) < 4.78 is 4.73. The molecule has 1 aromatic heterocycles. The Balaban J connectivity index is 2.76. The van der Waals surface area contributed by atoms with Crippen molar-refractivity contribution in [3.05, 3.63) is 36.8 Å². The van der Waals surface area contributed by atoms with Crippen LogP contribution in [0.25, 0.3) is 0 Å². The maximum absolute atomic E-state index is 9.04. The molecule has 1 heterocycles. The molecule has 0 aliphatic rings. The van der Waals surface area contributed by atoms with Crippen molar-refractivity contribution >= 4 is 0 Å². The SMILES string of the molecule is C=C[C@@H](O)c1ccoc1. The largest absolute Gasteiger partial charge is 0.472 e. The van der Waals surface area contributed by atoms with E-state index >= 15 is 0 Å². The minimum atomic E-state index is -0.594. The molecule has 0 aliphatic heterocycles. The summed E-state index contributed by atoms with van der Waals surface area (Å²) in [5, 5.41) is 9.04. The van der Waals surface area contributed by atoms with Crippen LogP contribution in [0.2, 0.25) is 0 Å². The van der Waals surface area contributed by atoms with Gasteiger partial charge in [-0.15, -0.1) is 6.58 Å². The van der Waals surface area contributed by atoms with Gasteiger partial charge in [0.2, 0.25) is 0 Å². The highest BCUT2D eigenvalue weighted by Gasteiger charge is 2.01. The lowest BCUT2D eigenvalue weighted by molar-refractivity contribution is 0.228. The molecule has 0 saturated heterocycles. The van der Waals surface area contributed by atoms with Gasteiger partial charge in [0.25, 0.3) is 0 Å². The van der Waals surface area contributed by atoms with Crippen LogP contribution in [0.15, 0.2) is 35.7 Å². The van der Waals surface area contributed by atoms with Gasteiger partial charge in [0, 0.05) is 5.56 Å². The van der Waals surface area contributed by atoms with Crippen molar-refractivity contribution in [3.8, 4) is 0 Å². The van der Waals surface area contributed by atoms with Gasteiger partial charge in [-0.3, -0.25) is 0 Å². The molecule has 1 atom stereocenters. The smallest absolute Gasteiger partial charge is 0.1000 e. The Hall–Kier alpha value is -1.02. The van der Waals surface area contributed by atoms with E-state index in [-0.39, 0.29) is 0 Å². The number of hydrogen-bond acceptors (Lipinski definition) is 2. The molecule has 1 rings (SSSR count). The van der Waals surface area contributed by atoms with E-state index in [0.717, 1.165) is 5.56 Å². The van der Waals surface area contributed by atoms with Gasteiger partial charge < -0.3 is 9.52 Å². The van der Waals surface area contributed by atoms with E-state index in [1.54, 1.807) is 6.07 Å². The predicted octanol–water partition coefficient (Wildman–Crippen LogP) is 1.50. The van der Waals surface area contributed by atoms with Crippen LogP contribution >= 0.6 is 0 Å². The van der Waals surface area contributed by atoms with Crippen LogP contribution in [-0.2, 0) is 0 Å². The van der Waals surface area contributed by atoms with E-state index in [4.69, 9.17) is 9.52 Å². The maximum atomic E-state index is 9.04. The summed E-state index contributed by atoms with van der Waals surface area (Å²) in [6.07, 6.45) is 3.86. The number of aliphatic hydroxyl groups excluding tert-OH is 1. The minimum Gasteiger partial charge on any atom is -0.472 e. The van der Waals surface area contributed by atoms with Crippen LogP contribution < -0.4 is 0 Å². The van der Waals surface area contributed by atoms with Crippen molar-refractivity contribution in [2.24, 2.45) is 0 Å². The molecule has 0 aliphatic carbocycles. The van der Waals surface area contributed by atoms with E-state index in [9.17, 15) is 0 Å². The molecule has 0 spiro atoms. The molecule has 2 heteroatoms. The number of furan rings is 1. The van der Waals surface area contributed by atoms with Crippen LogP contribution in [0.4, 0.5) is 0 Å². The molecule has 1 aromatic rings. The first-order valence-electron chi connectivity index (χ1n) is 2.67. The standard InChI is InChI=1S/C7H8O2/c1-2-7(8)6-3-4-9-5-6/h2-5,7-8H,1H2/t7-/m1/s1. The lowest BCUT2D eigenvalue weighted by atomic mass is 10.2. The molecule has 0 bridgehead atoms. The van der Waals surface area contributed by atoms with E-state index in [1.165, 1.54) is 18.6 Å². The van der Waals surface area contributed by atoms with Crippen molar-refractivity contribution in [1.29, 1.82) is 0 Å². The topological polar surface area (TPSA) is 33.4 Å². The average molecular weight is 124 g/mol. The molecule has 0 unspecified atom stereocenters. The van der Waals surface area contributed by atoms with Crippen LogP contribution in [0.1, 0.15) is 11.7 Å². The van der Waals surface area contributed by atoms with Gasteiger partial charge in [0.05, 0.1) is 18.6 Å². The summed E-state index contributed by atoms with van der Waals surface area (Å²) in [7, 11) is 0. The first kappa shape index (κ1) is 6.11. The highest BCUT2D eigenvalue weighted by atomic mass is 16.3. The zero-order valence-electron chi connectivity index (χ0n) is 4.95. The monoisotopic (exact) mass is 124 g/mol. The van der Waals surface area contributed by atoms with Crippen molar-refractivity contribution < 1.29 is 9.52 Å². The zero-order chi connectivity index (χ0) is 6.69. The second-order valence-electron chi connectivity index (χ2n) is 1.74. The molecule has 2 nitrogen and oxygen atoms in total. The highest BCUT2D eigenvalue weighted by Crippen LogP contribution is 2.12. The fraction of sp³-hybridized carbons (Fsp3) is 0.143. The molecule has 0 saturated carbocycles. The lowest BCUT2D eigenvalue weighted by Gasteiger charge is -1.96. The van der Waals surface area contributed by atoms with Gasteiger partial charge in [-0.1, -0.05) is 6.08 Å². The third kappa shape index (κ3) is 1.21. The van der Waals surface area contributed by atoms with Gasteiger partial charge >= 0.3 is 0 Å². The first-order valence-corrected chi connectivity index (χ1v) is 2.67. The summed E-state index contributed by atoms with van der Waals surface area (Å²) in [5.41, 5.74) is 0.741. The Labute approximate surface area is 53.4 Å². The van der Waals surface area contributed by atoms with Crippen LogP contribution in [0, 0.1) is 0 Å². The second kappa shape index (κ2) is 2.51. The first-order chi connectivity index (χ1) is 4.34. The maximum Gasteiger partial charge on any atom is 0.1000 e. The lowest BCUT2D eigenvalue weighted by Crippen LogP contribution is -1.87. The number of aliphatic hydroxyl groups is 1. The third-order valence-corrected chi connectivity index (χ3v) is 1.11. The highest BCUT2D eigenvalue weighted by molar-refractivity contribution is 5.13. The van der Waals surface area contributed by atoms with Crippen molar-refractivity contribution in [1.82, 2.24) is 0 Å². The Morgan fingerprint density at radius 2 is 2.56 bits per heavy atom. The average Bonchev–Trinajstić information content (AvgIpc) is 2.37. The Morgan fingerprint density at radius 1 is 1.78 bits per heavy atom. The fourth-order valence-electron chi connectivity index (χ4n) is 0.579. The summed E-state index contributed by atoms with van der Waals surface area (Å²) in [6, 6.07) is 1.70. The molecule has 0 amide bonds. The van der Waals surface area contributed by atoms with Crippen molar-refractivity contribution in [2.75, 3.05) is 0 Å². The summed E-state index contributed by atoms with van der Waals surface area (Å²) in [6.45, 7) is 3.42. The number of rotatable bonds is 2. The molecule has 48 valence electrons. The van der Waals surface area contributed by atoms with Gasteiger partial charge in [0.15, 0.2) is 0 Å². The second-order valence-corrected chi connectivity index (χ2v) is 1.74. The summed E-state index contributed by atoms with van der Waals surface area (Å²) >= 11 is 0. The molecular formula is C7H8O2. The van der Waals surface area contributed by atoms with Crippen LogP contribution in [0.3, 0.4) is 0 Å². The van der Waals surface area contributed by atoms with Gasteiger partial charge in [-0.25, -0.2) is 0 Å². The Bertz CT molecular complexity index is 177. The van der Waals surface area contributed by atoms with E-state index in [2.05, 4.69) is 6.58 Å². The van der Waals surface area contributed by atoms with Crippen LogP contribution in [-0.4, -0.2) is 5.11 Å². The molecule has 1 N–H and O–H groups in total.